The van der Waals surface area contributed by atoms with Crippen LogP contribution in [0.2, 0.25) is 0 Å². The lowest BCUT2D eigenvalue weighted by atomic mass is 10.0. The Hall–Kier alpha value is -1.89. The Bertz CT molecular complexity index is 807. The van der Waals surface area contributed by atoms with Gasteiger partial charge in [0.2, 0.25) is 5.91 Å². The number of carbonyl (C=O) groups excluding carboxylic acids is 1. The predicted molar refractivity (Wildman–Crippen MR) is 93.6 cm³/mol. The summed E-state index contributed by atoms with van der Waals surface area (Å²) in [5, 5.41) is 0.721. The molecular formula is C19H19F3N2OS. The minimum absolute atomic E-state index is 0.166. The van der Waals surface area contributed by atoms with Crippen molar-refractivity contribution in [3.8, 4) is 10.6 Å². The van der Waals surface area contributed by atoms with Crippen molar-refractivity contribution in [2.75, 3.05) is 6.54 Å². The maximum Gasteiger partial charge on any atom is 0.416 e. The number of benzene rings is 1. The van der Waals surface area contributed by atoms with Gasteiger partial charge >= 0.3 is 6.18 Å². The zero-order valence-corrected chi connectivity index (χ0v) is 15.0. The molecule has 0 unspecified atom stereocenters. The van der Waals surface area contributed by atoms with Crippen molar-refractivity contribution in [1.82, 2.24) is 9.88 Å². The average Bonchev–Trinajstić information content (AvgIpc) is 3.29. The topological polar surface area (TPSA) is 33.2 Å². The fourth-order valence-corrected chi connectivity index (χ4v) is 4.87. The van der Waals surface area contributed by atoms with Gasteiger partial charge < -0.3 is 4.90 Å². The molecule has 3 nitrogen and oxygen atoms in total. The Labute approximate surface area is 153 Å². The van der Waals surface area contributed by atoms with Gasteiger partial charge in [-0.3, -0.25) is 4.79 Å². The maximum absolute atomic E-state index is 12.7. The van der Waals surface area contributed by atoms with Crippen LogP contribution in [0.5, 0.6) is 0 Å². The molecule has 7 heteroatoms. The second-order valence-electron chi connectivity index (χ2n) is 6.96. The molecule has 0 atom stereocenters. The first kappa shape index (κ1) is 17.5. The van der Waals surface area contributed by atoms with Crippen LogP contribution in [0.25, 0.3) is 10.6 Å². The number of nitrogens with zero attached hydrogens (tertiary/aromatic N) is 2. The summed E-state index contributed by atoms with van der Waals surface area (Å²) < 4.78 is 38.1. The van der Waals surface area contributed by atoms with Crippen LogP contribution in [0.1, 0.15) is 41.8 Å². The summed E-state index contributed by atoms with van der Waals surface area (Å²) in [5.74, 6) is 0.413. The van der Waals surface area contributed by atoms with Crippen molar-refractivity contribution in [2.24, 2.45) is 5.92 Å². The van der Waals surface area contributed by atoms with E-state index in [9.17, 15) is 18.0 Å². The van der Waals surface area contributed by atoms with Gasteiger partial charge in [-0.15, -0.1) is 11.3 Å². The monoisotopic (exact) mass is 380 g/mol. The van der Waals surface area contributed by atoms with Gasteiger partial charge in [0.25, 0.3) is 0 Å². The van der Waals surface area contributed by atoms with Crippen molar-refractivity contribution in [3.05, 3.63) is 40.4 Å². The van der Waals surface area contributed by atoms with E-state index in [1.54, 1.807) is 0 Å². The van der Waals surface area contributed by atoms with Crippen LogP contribution >= 0.6 is 11.3 Å². The molecule has 2 aromatic rings. The molecule has 1 aliphatic heterocycles. The smallest absolute Gasteiger partial charge is 0.337 e. The molecule has 0 N–H and O–H groups in total. The molecule has 4 rings (SSSR count). The van der Waals surface area contributed by atoms with Crippen LogP contribution in [0.4, 0.5) is 13.2 Å². The van der Waals surface area contributed by atoms with Gasteiger partial charge in [0.15, 0.2) is 0 Å². The Kier molecular flexibility index (Phi) is 4.50. The molecule has 1 aliphatic carbocycles. The van der Waals surface area contributed by atoms with Gasteiger partial charge in [0.1, 0.15) is 5.01 Å². The van der Waals surface area contributed by atoms with Crippen molar-refractivity contribution < 1.29 is 18.0 Å². The highest BCUT2D eigenvalue weighted by atomic mass is 32.1. The number of amides is 1. The molecule has 1 saturated carbocycles. The number of fused-ring (bicyclic) bond motifs is 1. The molecule has 0 bridgehead atoms. The van der Waals surface area contributed by atoms with E-state index in [0.29, 0.717) is 25.1 Å². The van der Waals surface area contributed by atoms with E-state index in [4.69, 9.17) is 0 Å². The first-order valence-corrected chi connectivity index (χ1v) is 9.68. The van der Waals surface area contributed by atoms with E-state index in [0.717, 1.165) is 53.4 Å². The van der Waals surface area contributed by atoms with E-state index >= 15 is 0 Å². The van der Waals surface area contributed by atoms with Gasteiger partial charge in [-0.1, -0.05) is 25.0 Å². The van der Waals surface area contributed by atoms with E-state index in [1.807, 2.05) is 4.90 Å². The fraction of sp³-hybridized carbons (Fsp3) is 0.474. The van der Waals surface area contributed by atoms with Gasteiger partial charge in [-0.05, 0) is 25.0 Å². The molecule has 1 amide bonds. The van der Waals surface area contributed by atoms with E-state index in [1.165, 1.54) is 23.5 Å². The van der Waals surface area contributed by atoms with Gasteiger partial charge in [0.05, 0.1) is 17.8 Å². The zero-order valence-electron chi connectivity index (χ0n) is 14.2. The standard InChI is InChI=1S/C19H19F3N2OS/c20-19(21,22)14-7-5-12(6-8-14)17-23-15-9-10-24(11-16(15)26-17)18(25)13-3-1-2-4-13/h5-8,13H,1-4,9-11H2. The number of hydrogen-bond donors (Lipinski definition) is 0. The number of halogens is 3. The average molecular weight is 380 g/mol. The Morgan fingerprint density at radius 3 is 2.50 bits per heavy atom. The predicted octanol–water partition coefficient (Wildman–Crippen LogP) is 4.90. The normalized spacial score (nSPS) is 18.2. The lowest BCUT2D eigenvalue weighted by molar-refractivity contribution is -0.137. The van der Waals surface area contributed by atoms with E-state index in [2.05, 4.69) is 4.98 Å². The third-order valence-electron chi connectivity index (χ3n) is 5.21. The quantitative estimate of drug-likeness (QED) is 0.742. The summed E-state index contributed by atoms with van der Waals surface area (Å²) in [4.78, 5) is 20.2. The maximum atomic E-state index is 12.7. The largest absolute Gasteiger partial charge is 0.416 e. The second kappa shape index (κ2) is 6.68. The van der Waals surface area contributed by atoms with E-state index in [-0.39, 0.29) is 11.8 Å². The summed E-state index contributed by atoms with van der Waals surface area (Å²) in [7, 11) is 0. The molecule has 1 aromatic carbocycles. The molecule has 0 spiro atoms. The SMILES string of the molecule is O=C(C1CCCC1)N1CCc2nc(-c3ccc(C(F)(F)F)cc3)sc2C1. The number of thiazole rings is 1. The van der Waals surface area contributed by atoms with Crippen molar-refractivity contribution >= 4 is 17.2 Å². The molecule has 138 valence electrons. The number of hydrogen-bond acceptors (Lipinski definition) is 3. The Morgan fingerprint density at radius 1 is 1.15 bits per heavy atom. The number of alkyl halides is 3. The summed E-state index contributed by atoms with van der Waals surface area (Å²) in [6, 6.07) is 5.11. The number of carbonyl (C=O) groups is 1. The van der Waals surface area contributed by atoms with Crippen LogP contribution in [-0.2, 0) is 23.9 Å². The molecule has 0 radical (unpaired) electrons. The highest BCUT2D eigenvalue weighted by Gasteiger charge is 2.32. The molecule has 1 aromatic heterocycles. The Balaban J connectivity index is 1.51. The minimum Gasteiger partial charge on any atom is -0.337 e. The second-order valence-corrected chi connectivity index (χ2v) is 8.04. The van der Waals surface area contributed by atoms with Gasteiger partial charge in [-0.25, -0.2) is 4.98 Å². The van der Waals surface area contributed by atoms with E-state index < -0.39 is 11.7 Å². The van der Waals surface area contributed by atoms with Crippen molar-refractivity contribution in [1.29, 1.82) is 0 Å². The molecule has 0 saturated heterocycles. The summed E-state index contributed by atoms with van der Waals surface area (Å²) >= 11 is 1.48. The first-order chi connectivity index (χ1) is 12.4. The third kappa shape index (κ3) is 3.37. The molecular weight excluding hydrogens is 361 g/mol. The fourth-order valence-electron chi connectivity index (χ4n) is 3.74. The van der Waals surface area contributed by atoms with Crippen LogP contribution < -0.4 is 0 Å². The lowest BCUT2D eigenvalue weighted by Gasteiger charge is -2.28. The highest BCUT2D eigenvalue weighted by molar-refractivity contribution is 7.15. The molecule has 1 fully saturated rings. The molecule has 26 heavy (non-hydrogen) atoms. The van der Waals surface area contributed by atoms with Crippen LogP contribution in [0, 0.1) is 5.92 Å². The van der Waals surface area contributed by atoms with Crippen LogP contribution in [0.15, 0.2) is 24.3 Å². The highest BCUT2D eigenvalue weighted by Crippen LogP contribution is 2.35. The zero-order chi connectivity index (χ0) is 18.3. The van der Waals surface area contributed by atoms with Crippen molar-refractivity contribution in [3.63, 3.8) is 0 Å². The summed E-state index contributed by atoms with van der Waals surface area (Å²) in [6.45, 7) is 1.25. The van der Waals surface area contributed by atoms with Gasteiger partial charge in [0, 0.05) is 29.3 Å². The Morgan fingerprint density at radius 2 is 1.85 bits per heavy atom. The lowest BCUT2D eigenvalue weighted by Crippen LogP contribution is -2.38. The molecule has 2 heterocycles. The van der Waals surface area contributed by atoms with Crippen LogP contribution in [0.3, 0.4) is 0 Å². The number of aromatic nitrogens is 1. The third-order valence-corrected chi connectivity index (χ3v) is 6.34. The molecule has 2 aliphatic rings. The summed E-state index contributed by atoms with van der Waals surface area (Å²) in [6.07, 6.45) is 0.623. The van der Waals surface area contributed by atoms with Gasteiger partial charge in [-0.2, -0.15) is 13.2 Å². The van der Waals surface area contributed by atoms with Crippen LogP contribution in [-0.4, -0.2) is 22.3 Å². The van der Waals surface area contributed by atoms with Crippen molar-refractivity contribution in [2.45, 2.75) is 44.8 Å². The summed E-state index contributed by atoms with van der Waals surface area (Å²) in [5.41, 5.74) is 1.00. The first-order valence-electron chi connectivity index (χ1n) is 8.87. The minimum atomic E-state index is -4.33. The number of rotatable bonds is 2.